The summed E-state index contributed by atoms with van der Waals surface area (Å²) in [4.78, 5) is 13.0. The van der Waals surface area contributed by atoms with E-state index in [4.69, 9.17) is 9.11 Å². The summed E-state index contributed by atoms with van der Waals surface area (Å²) >= 11 is 0. The largest absolute Gasteiger partial charge is 0.340 e. The molecule has 1 aliphatic heterocycles. The van der Waals surface area contributed by atoms with Gasteiger partial charge in [0.15, 0.2) is 0 Å². The molecule has 20 heavy (non-hydrogen) atoms. The van der Waals surface area contributed by atoms with Crippen LogP contribution in [-0.4, -0.2) is 75.4 Å². The molecule has 0 aliphatic carbocycles. The Morgan fingerprint density at radius 2 is 1.35 bits per heavy atom. The van der Waals surface area contributed by atoms with Gasteiger partial charge in [0, 0.05) is 32.6 Å². The standard InChI is InChI=1S/C7H14N2O.2CH4O3S/c1-2-7(10)9-5-3-8-4-6-9;2*1-5(2,3)4/h8H,2-6H2,1H3;2*1H3,(H,2,3,4). The molecule has 1 aliphatic rings. The highest BCUT2D eigenvalue weighted by molar-refractivity contribution is 7.85. The number of hydrogen-bond acceptors (Lipinski definition) is 6. The number of hydrogen-bond donors (Lipinski definition) is 3. The molecule has 1 saturated heterocycles. The van der Waals surface area contributed by atoms with Crippen molar-refractivity contribution in [1.29, 1.82) is 0 Å². The van der Waals surface area contributed by atoms with Gasteiger partial charge in [-0.15, -0.1) is 0 Å². The number of carbonyl (C=O) groups excluding carboxylic acids is 1. The Kier molecular flexibility index (Phi) is 10.8. The average Bonchev–Trinajstić information content (AvgIpc) is 2.25. The number of carbonyl (C=O) groups is 1. The lowest BCUT2D eigenvalue weighted by Gasteiger charge is -2.26. The molecule has 1 amide bonds. The van der Waals surface area contributed by atoms with Gasteiger partial charge in [-0.2, -0.15) is 16.8 Å². The van der Waals surface area contributed by atoms with E-state index in [9.17, 15) is 21.6 Å². The van der Waals surface area contributed by atoms with Crippen LogP contribution in [0.25, 0.3) is 0 Å². The summed E-state index contributed by atoms with van der Waals surface area (Å²) in [5.41, 5.74) is 0. The van der Waals surface area contributed by atoms with Crippen LogP contribution in [0.3, 0.4) is 0 Å². The second-order valence-electron chi connectivity index (χ2n) is 3.95. The van der Waals surface area contributed by atoms with Crippen LogP contribution < -0.4 is 5.32 Å². The molecule has 0 bridgehead atoms. The zero-order chi connectivity index (χ0) is 16.4. The van der Waals surface area contributed by atoms with Gasteiger partial charge in [-0.25, -0.2) is 0 Å². The van der Waals surface area contributed by atoms with Crippen LogP contribution in [0, 0.1) is 0 Å². The molecule has 122 valence electrons. The van der Waals surface area contributed by atoms with E-state index < -0.39 is 20.2 Å². The molecular formula is C9H22N2O7S2. The molecule has 1 rings (SSSR count). The number of nitrogens with one attached hydrogen (secondary N) is 1. The van der Waals surface area contributed by atoms with Crippen LogP contribution in [0.1, 0.15) is 13.3 Å². The van der Waals surface area contributed by atoms with E-state index in [-0.39, 0.29) is 5.91 Å². The number of piperazine rings is 1. The van der Waals surface area contributed by atoms with Crippen LogP contribution in [0.15, 0.2) is 0 Å². The lowest BCUT2D eigenvalue weighted by Crippen LogP contribution is -2.46. The maximum atomic E-state index is 11.1. The van der Waals surface area contributed by atoms with E-state index in [2.05, 4.69) is 5.32 Å². The summed E-state index contributed by atoms with van der Waals surface area (Å²) < 4.78 is 51.7. The first kappa shape index (κ1) is 21.5. The molecule has 0 aromatic heterocycles. The predicted molar refractivity (Wildman–Crippen MR) is 74.7 cm³/mol. The van der Waals surface area contributed by atoms with Gasteiger partial charge >= 0.3 is 0 Å². The second kappa shape index (κ2) is 10.0. The highest BCUT2D eigenvalue weighted by Gasteiger charge is 2.12. The zero-order valence-electron chi connectivity index (χ0n) is 11.7. The highest BCUT2D eigenvalue weighted by Crippen LogP contribution is 1.95. The first-order chi connectivity index (χ1) is 8.84. The summed E-state index contributed by atoms with van der Waals surface area (Å²) in [6.45, 7) is 5.57. The monoisotopic (exact) mass is 334 g/mol. The molecule has 0 saturated carbocycles. The van der Waals surface area contributed by atoms with Gasteiger partial charge in [-0.05, 0) is 0 Å². The fraction of sp³-hybridized carbons (Fsp3) is 0.889. The topological polar surface area (TPSA) is 141 Å². The van der Waals surface area contributed by atoms with Gasteiger partial charge in [0.25, 0.3) is 20.2 Å². The second-order valence-corrected chi connectivity index (χ2v) is 6.88. The molecule has 11 heteroatoms. The number of amides is 1. The lowest BCUT2D eigenvalue weighted by molar-refractivity contribution is -0.131. The minimum absolute atomic E-state index is 0.279. The minimum atomic E-state index is -3.67. The van der Waals surface area contributed by atoms with E-state index in [0.29, 0.717) is 18.9 Å². The Morgan fingerprint density at radius 1 is 1.05 bits per heavy atom. The van der Waals surface area contributed by atoms with Crippen LogP contribution in [0.5, 0.6) is 0 Å². The molecule has 1 fully saturated rings. The Bertz CT molecular complexity index is 421. The molecule has 0 radical (unpaired) electrons. The van der Waals surface area contributed by atoms with E-state index in [1.165, 1.54) is 0 Å². The normalized spacial score (nSPS) is 15.3. The van der Waals surface area contributed by atoms with Gasteiger partial charge in [0.1, 0.15) is 0 Å². The molecule has 0 spiro atoms. The summed E-state index contributed by atoms with van der Waals surface area (Å²) in [6.07, 6.45) is 2.07. The molecule has 0 aromatic carbocycles. The lowest BCUT2D eigenvalue weighted by atomic mass is 10.3. The van der Waals surface area contributed by atoms with Crippen molar-refractivity contribution in [3.8, 4) is 0 Å². The minimum Gasteiger partial charge on any atom is -0.340 e. The van der Waals surface area contributed by atoms with Gasteiger partial charge in [0.2, 0.25) is 5.91 Å². The van der Waals surface area contributed by atoms with Crippen LogP contribution >= 0.6 is 0 Å². The van der Waals surface area contributed by atoms with E-state index in [1.807, 2.05) is 11.8 Å². The van der Waals surface area contributed by atoms with Crippen molar-refractivity contribution in [3.63, 3.8) is 0 Å². The summed E-state index contributed by atoms with van der Waals surface area (Å²) in [7, 11) is -7.33. The Balaban J connectivity index is 0. The molecule has 3 N–H and O–H groups in total. The third-order valence-corrected chi connectivity index (χ3v) is 1.77. The maximum absolute atomic E-state index is 11.1. The Morgan fingerprint density at radius 3 is 1.60 bits per heavy atom. The zero-order valence-corrected chi connectivity index (χ0v) is 13.4. The summed E-state index contributed by atoms with van der Waals surface area (Å²) in [6, 6.07) is 0. The van der Waals surface area contributed by atoms with Gasteiger partial charge in [-0.1, -0.05) is 6.92 Å². The molecule has 0 aromatic rings. The first-order valence-electron chi connectivity index (χ1n) is 5.68. The van der Waals surface area contributed by atoms with Crippen LogP contribution in [0.2, 0.25) is 0 Å². The van der Waals surface area contributed by atoms with Crippen molar-refractivity contribution in [1.82, 2.24) is 10.2 Å². The fourth-order valence-corrected chi connectivity index (χ4v) is 1.14. The number of nitrogens with zero attached hydrogens (tertiary/aromatic N) is 1. The van der Waals surface area contributed by atoms with Crippen molar-refractivity contribution in [3.05, 3.63) is 0 Å². The Labute approximate surface area is 119 Å². The number of rotatable bonds is 1. The fourth-order valence-electron chi connectivity index (χ4n) is 1.14. The highest BCUT2D eigenvalue weighted by atomic mass is 32.2. The molecule has 9 nitrogen and oxygen atoms in total. The van der Waals surface area contributed by atoms with Gasteiger partial charge in [-0.3, -0.25) is 13.9 Å². The summed E-state index contributed by atoms with van der Waals surface area (Å²) in [5.74, 6) is 0.279. The van der Waals surface area contributed by atoms with Gasteiger partial charge in [0.05, 0.1) is 12.5 Å². The third-order valence-electron chi connectivity index (χ3n) is 1.77. The van der Waals surface area contributed by atoms with Gasteiger partial charge < -0.3 is 10.2 Å². The Hall–Kier alpha value is -0.750. The summed E-state index contributed by atoms with van der Waals surface area (Å²) in [5, 5.41) is 3.20. The maximum Gasteiger partial charge on any atom is 0.261 e. The molecule has 0 atom stereocenters. The third kappa shape index (κ3) is 25.9. The average molecular weight is 334 g/mol. The van der Waals surface area contributed by atoms with E-state index in [1.54, 1.807) is 0 Å². The quantitative estimate of drug-likeness (QED) is 0.510. The first-order valence-corrected chi connectivity index (χ1v) is 9.37. The van der Waals surface area contributed by atoms with Crippen LogP contribution in [-0.2, 0) is 25.0 Å². The van der Waals surface area contributed by atoms with Crippen molar-refractivity contribution >= 4 is 26.1 Å². The smallest absolute Gasteiger partial charge is 0.261 e. The van der Waals surface area contributed by atoms with E-state index >= 15 is 0 Å². The van der Waals surface area contributed by atoms with Crippen molar-refractivity contribution in [2.75, 3.05) is 38.7 Å². The molecule has 0 unspecified atom stereocenters. The van der Waals surface area contributed by atoms with Crippen LogP contribution in [0.4, 0.5) is 0 Å². The SMILES string of the molecule is CCC(=O)N1CCNCC1.CS(=O)(=O)O.CS(=O)(=O)O. The van der Waals surface area contributed by atoms with Crippen molar-refractivity contribution < 1.29 is 30.7 Å². The molecular weight excluding hydrogens is 312 g/mol. The van der Waals surface area contributed by atoms with E-state index in [0.717, 1.165) is 26.2 Å². The van der Waals surface area contributed by atoms with Crippen molar-refractivity contribution in [2.45, 2.75) is 13.3 Å². The predicted octanol–water partition coefficient (Wildman–Crippen LogP) is -1.16. The van der Waals surface area contributed by atoms with Crippen molar-refractivity contribution in [2.24, 2.45) is 0 Å². The molecule has 1 heterocycles.